The minimum atomic E-state index is 0.407. The molecule has 2 aromatic rings. The van der Waals surface area contributed by atoms with Crippen LogP contribution in [0.1, 0.15) is 12.5 Å². The summed E-state index contributed by atoms with van der Waals surface area (Å²) in [6, 6.07) is 8.71. The Balaban J connectivity index is 2.18. The number of nitrogens with zero attached hydrogens (tertiary/aromatic N) is 2. The lowest BCUT2D eigenvalue weighted by Gasteiger charge is -2.16. The molecule has 0 aliphatic heterocycles. The molecule has 3 rings (SSSR count). The summed E-state index contributed by atoms with van der Waals surface area (Å²) in [4.78, 5) is 4.58. The van der Waals surface area contributed by atoms with Gasteiger partial charge in [-0.15, -0.1) is 0 Å². The van der Waals surface area contributed by atoms with Crippen molar-refractivity contribution >= 4 is 33.6 Å². The Bertz CT molecular complexity index is 581. The van der Waals surface area contributed by atoms with E-state index in [0.717, 1.165) is 15.8 Å². The van der Waals surface area contributed by atoms with Gasteiger partial charge in [0.15, 0.2) is 3.83 Å². The molecule has 2 nitrogen and oxygen atoms in total. The zero-order valence-corrected chi connectivity index (χ0v) is 10.8. The van der Waals surface area contributed by atoms with E-state index in [4.69, 9.17) is 0 Å². The van der Waals surface area contributed by atoms with Crippen LogP contribution in [0.5, 0.6) is 0 Å². The number of imidazole rings is 1. The van der Waals surface area contributed by atoms with Gasteiger partial charge in [0, 0.05) is 0 Å². The number of hydrogen-bond donors (Lipinski definition) is 0. The Labute approximate surface area is 108 Å². The molecule has 0 fully saturated rings. The molecule has 1 unspecified atom stereocenters. The number of para-hydroxylation sites is 2. The molecule has 1 heterocycles. The van der Waals surface area contributed by atoms with Crippen LogP contribution in [0.3, 0.4) is 0 Å². The average Bonchev–Trinajstić information content (AvgIpc) is 2.66. The molecule has 0 radical (unpaired) electrons. The van der Waals surface area contributed by atoms with E-state index in [1.165, 1.54) is 5.52 Å². The van der Waals surface area contributed by atoms with Gasteiger partial charge >= 0.3 is 0 Å². The van der Waals surface area contributed by atoms with Crippen molar-refractivity contribution in [3.8, 4) is 0 Å². The zero-order valence-electron chi connectivity index (χ0n) is 8.68. The Morgan fingerprint density at radius 1 is 1.25 bits per heavy atom. The smallest absolute Gasteiger partial charge is 0.172 e. The Kier molecular flexibility index (Phi) is 2.55. The molecule has 1 aromatic carbocycles. The van der Waals surface area contributed by atoms with Gasteiger partial charge in [-0.2, -0.15) is 0 Å². The van der Waals surface area contributed by atoms with E-state index in [0.29, 0.717) is 6.04 Å². The fourth-order valence-corrected chi connectivity index (χ4v) is 2.97. The maximum atomic E-state index is 4.58. The summed E-state index contributed by atoms with van der Waals surface area (Å²) in [6.45, 7) is 0. The molecule has 0 bridgehead atoms. The average molecular weight is 322 g/mol. The third-order valence-electron chi connectivity index (χ3n) is 2.84. The first-order valence-corrected chi connectivity index (χ1v) is 6.40. The molecule has 1 aliphatic carbocycles. The molecule has 0 saturated heterocycles. The van der Waals surface area contributed by atoms with Crippen molar-refractivity contribution in [2.75, 3.05) is 0 Å². The van der Waals surface area contributed by atoms with E-state index in [2.05, 4.69) is 74.6 Å². The van der Waals surface area contributed by atoms with Crippen molar-refractivity contribution in [1.82, 2.24) is 9.55 Å². The first-order chi connectivity index (χ1) is 7.86. The van der Waals surface area contributed by atoms with Crippen molar-refractivity contribution in [1.29, 1.82) is 0 Å². The molecule has 16 heavy (non-hydrogen) atoms. The minimum Gasteiger partial charge on any atom is -0.312 e. The van der Waals surface area contributed by atoms with Crippen molar-refractivity contribution in [3.63, 3.8) is 0 Å². The van der Waals surface area contributed by atoms with Crippen LogP contribution in [-0.4, -0.2) is 9.55 Å². The number of rotatable bonds is 1. The van der Waals surface area contributed by atoms with Gasteiger partial charge in [0.1, 0.15) is 0 Å². The molecule has 0 amide bonds. The van der Waals surface area contributed by atoms with Crippen molar-refractivity contribution in [2.45, 2.75) is 12.5 Å². The summed E-state index contributed by atoms with van der Waals surface area (Å²) in [6.07, 6.45) is 9.69. The van der Waals surface area contributed by atoms with Crippen LogP contribution in [0.2, 0.25) is 0 Å². The minimum absolute atomic E-state index is 0.407. The molecule has 3 heteroatoms. The summed E-state index contributed by atoms with van der Waals surface area (Å²) in [7, 11) is 0. The summed E-state index contributed by atoms with van der Waals surface area (Å²) in [5, 5.41) is 0. The first-order valence-electron chi connectivity index (χ1n) is 5.32. The molecule has 0 saturated carbocycles. The Morgan fingerprint density at radius 3 is 2.94 bits per heavy atom. The van der Waals surface area contributed by atoms with Gasteiger partial charge in [-0.1, -0.05) is 36.4 Å². The molecule has 1 atom stereocenters. The van der Waals surface area contributed by atoms with Crippen molar-refractivity contribution in [2.24, 2.45) is 0 Å². The van der Waals surface area contributed by atoms with Crippen LogP contribution in [0.4, 0.5) is 0 Å². The van der Waals surface area contributed by atoms with Crippen LogP contribution in [0.15, 0.2) is 48.6 Å². The van der Waals surface area contributed by atoms with Gasteiger partial charge in [-0.05, 0) is 41.1 Å². The molecule has 0 N–H and O–H groups in total. The quantitative estimate of drug-likeness (QED) is 0.732. The normalized spacial score (nSPS) is 19.4. The maximum Gasteiger partial charge on any atom is 0.172 e. The summed E-state index contributed by atoms with van der Waals surface area (Å²) in [5.74, 6) is 0. The highest BCUT2D eigenvalue weighted by atomic mass is 127. The number of aromatic nitrogens is 2. The third kappa shape index (κ3) is 1.59. The predicted molar refractivity (Wildman–Crippen MR) is 74.4 cm³/mol. The largest absolute Gasteiger partial charge is 0.312 e. The van der Waals surface area contributed by atoms with Gasteiger partial charge in [0.05, 0.1) is 17.1 Å². The second kappa shape index (κ2) is 4.05. The summed E-state index contributed by atoms with van der Waals surface area (Å²) < 4.78 is 3.36. The molecule has 0 spiro atoms. The van der Waals surface area contributed by atoms with Gasteiger partial charge in [-0.25, -0.2) is 4.98 Å². The van der Waals surface area contributed by atoms with E-state index in [1.807, 2.05) is 6.07 Å². The number of halogens is 1. The fourth-order valence-electron chi connectivity index (χ4n) is 2.09. The maximum absolute atomic E-state index is 4.58. The lowest BCUT2D eigenvalue weighted by Crippen LogP contribution is -2.08. The van der Waals surface area contributed by atoms with Gasteiger partial charge < -0.3 is 4.57 Å². The molecule has 1 aromatic heterocycles. The lowest BCUT2D eigenvalue weighted by molar-refractivity contribution is 0.610. The van der Waals surface area contributed by atoms with Crippen molar-refractivity contribution in [3.05, 3.63) is 52.4 Å². The predicted octanol–water partition coefficient (Wildman–Crippen LogP) is 3.70. The first kappa shape index (κ1) is 10.1. The topological polar surface area (TPSA) is 17.8 Å². The second-order valence-corrected chi connectivity index (χ2v) is 4.82. The monoisotopic (exact) mass is 322 g/mol. The van der Waals surface area contributed by atoms with Crippen LogP contribution < -0.4 is 0 Å². The van der Waals surface area contributed by atoms with E-state index in [1.54, 1.807) is 0 Å². The standard InChI is InChI=1S/C13H11IN2/c14-13-15-11-8-4-5-9-12(11)16(13)10-6-2-1-3-7-10/h1-6,8-10H,7H2. The number of allylic oxidation sites excluding steroid dienone is 4. The van der Waals surface area contributed by atoms with Crippen molar-refractivity contribution < 1.29 is 0 Å². The van der Waals surface area contributed by atoms with E-state index >= 15 is 0 Å². The Morgan fingerprint density at radius 2 is 2.12 bits per heavy atom. The third-order valence-corrected chi connectivity index (χ3v) is 3.60. The van der Waals surface area contributed by atoms with Crippen LogP contribution in [0, 0.1) is 3.83 Å². The molecular formula is C13H11IN2. The molecule has 80 valence electrons. The van der Waals surface area contributed by atoms with E-state index in [-0.39, 0.29) is 0 Å². The molecular weight excluding hydrogens is 311 g/mol. The van der Waals surface area contributed by atoms with Gasteiger partial charge in [-0.3, -0.25) is 0 Å². The lowest BCUT2D eigenvalue weighted by atomic mass is 10.1. The number of hydrogen-bond acceptors (Lipinski definition) is 1. The highest BCUT2D eigenvalue weighted by Gasteiger charge is 2.15. The van der Waals surface area contributed by atoms with Gasteiger partial charge in [0.2, 0.25) is 0 Å². The summed E-state index contributed by atoms with van der Waals surface area (Å²) in [5.41, 5.74) is 2.30. The Hall–Kier alpha value is -1.10. The van der Waals surface area contributed by atoms with E-state index in [9.17, 15) is 0 Å². The molecule has 1 aliphatic rings. The highest BCUT2D eigenvalue weighted by molar-refractivity contribution is 14.1. The van der Waals surface area contributed by atoms with Crippen LogP contribution in [0.25, 0.3) is 11.0 Å². The second-order valence-electron chi connectivity index (χ2n) is 3.86. The SMILES string of the molecule is Ic1nc2ccccc2n1C1C=CC=CC1. The van der Waals surface area contributed by atoms with Crippen LogP contribution >= 0.6 is 22.6 Å². The zero-order chi connectivity index (χ0) is 11.0. The number of benzene rings is 1. The fraction of sp³-hybridized carbons (Fsp3) is 0.154. The van der Waals surface area contributed by atoms with Crippen LogP contribution in [-0.2, 0) is 0 Å². The van der Waals surface area contributed by atoms with E-state index < -0.39 is 0 Å². The highest BCUT2D eigenvalue weighted by Crippen LogP contribution is 2.26. The van der Waals surface area contributed by atoms with Gasteiger partial charge in [0.25, 0.3) is 0 Å². The number of fused-ring (bicyclic) bond motifs is 1. The summed E-state index contributed by atoms with van der Waals surface area (Å²) >= 11 is 2.31.